The van der Waals surface area contributed by atoms with Crippen LogP contribution < -0.4 is 9.47 Å². The summed E-state index contributed by atoms with van der Waals surface area (Å²) >= 11 is 0. The Morgan fingerprint density at radius 3 is 2.73 bits per heavy atom. The SMILES string of the molecule is COCC(=O)N1CCN(C2=Nc3ccc(C)cc3Oc3ccc(OC)cc32)CC1C. The van der Waals surface area contributed by atoms with Crippen molar-refractivity contribution in [2.75, 3.05) is 40.5 Å². The number of ether oxygens (including phenoxy) is 3. The van der Waals surface area contributed by atoms with Gasteiger partial charge in [0.05, 0.1) is 12.7 Å². The van der Waals surface area contributed by atoms with Crippen LogP contribution in [0.4, 0.5) is 5.69 Å². The van der Waals surface area contributed by atoms with E-state index in [1.165, 1.54) is 0 Å². The molecular formula is C23H27N3O4. The number of piperazine rings is 1. The largest absolute Gasteiger partial charge is 0.497 e. The van der Waals surface area contributed by atoms with E-state index in [0.29, 0.717) is 19.6 Å². The summed E-state index contributed by atoms with van der Waals surface area (Å²) in [5.74, 6) is 3.06. The molecule has 7 heteroatoms. The van der Waals surface area contributed by atoms with E-state index >= 15 is 0 Å². The van der Waals surface area contributed by atoms with Crippen molar-refractivity contribution in [2.45, 2.75) is 19.9 Å². The monoisotopic (exact) mass is 409 g/mol. The molecule has 2 aliphatic heterocycles. The first kappa shape index (κ1) is 20.2. The molecule has 7 nitrogen and oxygen atoms in total. The molecule has 1 atom stereocenters. The molecule has 158 valence electrons. The number of amides is 1. The minimum atomic E-state index is 0.0127. The van der Waals surface area contributed by atoms with Crippen LogP contribution in [0.1, 0.15) is 18.1 Å². The summed E-state index contributed by atoms with van der Waals surface area (Å²) in [4.78, 5) is 21.4. The Kier molecular flexibility index (Phi) is 5.63. The third kappa shape index (κ3) is 3.85. The van der Waals surface area contributed by atoms with Crippen LogP contribution in [0.3, 0.4) is 0 Å². The molecule has 0 saturated carbocycles. The molecule has 0 N–H and O–H groups in total. The lowest BCUT2D eigenvalue weighted by Gasteiger charge is -2.41. The molecular weight excluding hydrogens is 382 g/mol. The maximum absolute atomic E-state index is 12.3. The summed E-state index contributed by atoms with van der Waals surface area (Å²) in [7, 11) is 3.19. The van der Waals surface area contributed by atoms with Crippen LogP contribution >= 0.6 is 0 Å². The molecule has 0 aliphatic carbocycles. The van der Waals surface area contributed by atoms with Crippen LogP contribution in [0.5, 0.6) is 17.2 Å². The van der Waals surface area contributed by atoms with Crippen molar-refractivity contribution < 1.29 is 19.0 Å². The van der Waals surface area contributed by atoms with E-state index in [1.54, 1.807) is 14.2 Å². The molecule has 1 unspecified atom stereocenters. The number of rotatable bonds is 3. The molecule has 0 aromatic heterocycles. The van der Waals surface area contributed by atoms with Gasteiger partial charge in [0, 0.05) is 32.8 Å². The zero-order valence-corrected chi connectivity index (χ0v) is 17.8. The first-order chi connectivity index (χ1) is 14.5. The van der Waals surface area contributed by atoms with E-state index in [0.717, 1.165) is 39.9 Å². The third-order valence-corrected chi connectivity index (χ3v) is 5.50. The van der Waals surface area contributed by atoms with Gasteiger partial charge >= 0.3 is 0 Å². The Bertz CT molecular complexity index is 988. The number of carbonyl (C=O) groups excluding carboxylic acids is 1. The minimum Gasteiger partial charge on any atom is -0.497 e. The number of aryl methyl sites for hydroxylation is 1. The van der Waals surface area contributed by atoms with Gasteiger partial charge in [-0.3, -0.25) is 4.79 Å². The maximum atomic E-state index is 12.3. The van der Waals surface area contributed by atoms with Crippen LogP contribution in [-0.2, 0) is 9.53 Å². The van der Waals surface area contributed by atoms with Crippen molar-refractivity contribution >= 4 is 17.4 Å². The molecule has 1 saturated heterocycles. The summed E-state index contributed by atoms with van der Waals surface area (Å²) in [6.07, 6.45) is 0. The Labute approximate surface area is 176 Å². The Hall–Kier alpha value is -3.06. The van der Waals surface area contributed by atoms with E-state index in [-0.39, 0.29) is 18.6 Å². The fraction of sp³-hybridized carbons (Fsp3) is 0.391. The van der Waals surface area contributed by atoms with Gasteiger partial charge in [-0.2, -0.15) is 0 Å². The third-order valence-electron chi connectivity index (χ3n) is 5.50. The summed E-state index contributed by atoms with van der Waals surface area (Å²) in [5.41, 5.74) is 2.78. The fourth-order valence-corrected chi connectivity index (χ4v) is 3.96. The predicted molar refractivity (Wildman–Crippen MR) is 115 cm³/mol. The summed E-state index contributed by atoms with van der Waals surface area (Å²) < 4.78 is 16.7. The molecule has 0 radical (unpaired) electrons. The molecule has 1 fully saturated rings. The Morgan fingerprint density at radius 1 is 1.17 bits per heavy atom. The molecule has 4 rings (SSSR count). The lowest BCUT2D eigenvalue weighted by molar-refractivity contribution is -0.138. The lowest BCUT2D eigenvalue weighted by Crippen LogP contribution is -2.56. The predicted octanol–water partition coefficient (Wildman–Crippen LogP) is 3.37. The smallest absolute Gasteiger partial charge is 0.248 e. The second kappa shape index (κ2) is 8.36. The van der Waals surface area contributed by atoms with Crippen molar-refractivity contribution in [3.8, 4) is 17.2 Å². The molecule has 2 aromatic rings. The number of hydrogen-bond acceptors (Lipinski definition) is 6. The van der Waals surface area contributed by atoms with Crippen LogP contribution in [0.2, 0.25) is 0 Å². The lowest BCUT2D eigenvalue weighted by atomic mass is 10.1. The van der Waals surface area contributed by atoms with Crippen molar-refractivity contribution in [3.05, 3.63) is 47.5 Å². The summed E-state index contributed by atoms with van der Waals surface area (Å²) in [5, 5.41) is 0. The number of fused-ring (bicyclic) bond motifs is 2. The highest BCUT2D eigenvalue weighted by Gasteiger charge is 2.31. The topological polar surface area (TPSA) is 63.6 Å². The highest BCUT2D eigenvalue weighted by atomic mass is 16.5. The highest BCUT2D eigenvalue weighted by molar-refractivity contribution is 6.04. The zero-order valence-electron chi connectivity index (χ0n) is 17.8. The number of methoxy groups -OCH3 is 2. The van der Waals surface area contributed by atoms with Gasteiger partial charge < -0.3 is 24.0 Å². The van der Waals surface area contributed by atoms with E-state index in [4.69, 9.17) is 19.2 Å². The fourth-order valence-electron chi connectivity index (χ4n) is 3.96. The first-order valence-corrected chi connectivity index (χ1v) is 10.1. The van der Waals surface area contributed by atoms with E-state index in [9.17, 15) is 4.79 Å². The van der Waals surface area contributed by atoms with Gasteiger partial charge in [-0.1, -0.05) is 6.07 Å². The van der Waals surface area contributed by atoms with Gasteiger partial charge in [-0.05, 0) is 49.7 Å². The number of hydrogen-bond donors (Lipinski definition) is 0. The normalized spacial score (nSPS) is 18.0. The van der Waals surface area contributed by atoms with Crippen molar-refractivity contribution in [2.24, 2.45) is 4.99 Å². The van der Waals surface area contributed by atoms with E-state index < -0.39 is 0 Å². The van der Waals surface area contributed by atoms with Crippen LogP contribution in [0.25, 0.3) is 0 Å². The van der Waals surface area contributed by atoms with Gasteiger partial charge in [0.25, 0.3) is 0 Å². The second-order valence-corrected chi connectivity index (χ2v) is 7.69. The van der Waals surface area contributed by atoms with E-state index in [1.807, 2.05) is 48.2 Å². The van der Waals surface area contributed by atoms with E-state index in [2.05, 4.69) is 11.8 Å². The Balaban J connectivity index is 1.72. The molecule has 0 spiro atoms. The number of aliphatic imine (C=N–C) groups is 1. The molecule has 30 heavy (non-hydrogen) atoms. The average Bonchev–Trinajstić information content (AvgIpc) is 2.89. The van der Waals surface area contributed by atoms with Crippen LogP contribution in [-0.4, -0.2) is 68.0 Å². The maximum Gasteiger partial charge on any atom is 0.248 e. The Morgan fingerprint density at radius 2 is 2.00 bits per heavy atom. The van der Waals surface area contributed by atoms with Gasteiger partial charge in [-0.15, -0.1) is 0 Å². The number of carbonyl (C=O) groups is 1. The molecule has 2 aliphatic rings. The highest BCUT2D eigenvalue weighted by Crippen LogP contribution is 2.40. The van der Waals surface area contributed by atoms with Gasteiger partial charge in [0.15, 0.2) is 5.75 Å². The van der Waals surface area contributed by atoms with Crippen molar-refractivity contribution in [1.29, 1.82) is 0 Å². The quantitative estimate of drug-likeness (QED) is 0.778. The number of benzene rings is 2. The minimum absolute atomic E-state index is 0.0127. The second-order valence-electron chi connectivity index (χ2n) is 7.69. The van der Waals surface area contributed by atoms with Gasteiger partial charge in [0.2, 0.25) is 5.91 Å². The molecule has 2 aromatic carbocycles. The standard InChI is InChI=1S/C23H27N3O4/c1-15-5-7-19-21(11-15)30-20-8-6-17(29-4)12-18(20)23(24-19)25-9-10-26(16(2)13-25)22(27)14-28-3/h5-8,11-12,16H,9-10,13-14H2,1-4H3. The first-order valence-electron chi connectivity index (χ1n) is 10.1. The van der Waals surface area contributed by atoms with Crippen molar-refractivity contribution in [3.63, 3.8) is 0 Å². The number of amidine groups is 1. The zero-order chi connectivity index (χ0) is 21.3. The van der Waals surface area contributed by atoms with Crippen LogP contribution in [0, 0.1) is 6.92 Å². The molecule has 2 heterocycles. The summed E-state index contributed by atoms with van der Waals surface area (Å²) in [6, 6.07) is 11.8. The van der Waals surface area contributed by atoms with Crippen LogP contribution in [0.15, 0.2) is 41.4 Å². The average molecular weight is 409 g/mol. The van der Waals surface area contributed by atoms with Gasteiger partial charge in [0.1, 0.15) is 29.6 Å². The molecule has 1 amide bonds. The molecule has 0 bridgehead atoms. The summed E-state index contributed by atoms with van der Waals surface area (Å²) in [6.45, 7) is 6.15. The van der Waals surface area contributed by atoms with Crippen molar-refractivity contribution in [1.82, 2.24) is 9.80 Å². The van der Waals surface area contributed by atoms with Gasteiger partial charge in [-0.25, -0.2) is 4.99 Å². The number of nitrogens with zero attached hydrogens (tertiary/aromatic N) is 3.